The van der Waals surface area contributed by atoms with E-state index in [4.69, 9.17) is 16.3 Å². The normalized spacial score (nSPS) is 12.7. The van der Waals surface area contributed by atoms with E-state index in [-0.39, 0.29) is 30.0 Å². The van der Waals surface area contributed by atoms with E-state index in [1.807, 2.05) is 0 Å². The van der Waals surface area contributed by atoms with E-state index in [9.17, 15) is 18.8 Å². The molecule has 35 heavy (non-hydrogen) atoms. The highest BCUT2D eigenvalue weighted by molar-refractivity contribution is 6.30. The molecule has 1 atom stereocenters. The molecule has 0 fully saturated rings. The van der Waals surface area contributed by atoms with Crippen LogP contribution in [0.15, 0.2) is 62.2 Å². The molecule has 10 nitrogen and oxygen atoms in total. The molecule has 1 aromatic heterocycles. The molecule has 0 amide bonds. The van der Waals surface area contributed by atoms with Crippen LogP contribution >= 0.6 is 11.6 Å². The van der Waals surface area contributed by atoms with Crippen LogP contribution in [0.2, 0.25) is 5.02 Å². The highest BCUT2D eigenvalue weighted by atomic mass is 35.5. The van der Waals surface area contributed by atoms with E-state index in [1.165, 1.54) is 44.1 Å². The van der Waals surface area contributed by atoms with E-state index >= 15 is 0 Å². The standard InChI is InChI=1S/C23H23ClFN5O5/c1-14(20(31)34-2)12-30-22(32)28-21(27-18-9-6-16(11-26-35-3)19(25)10-18)29(23(30)33)13-15-4-7-17(24)8-5-15/h4-11,14H,12-13H2,1-3H3,(H,27,28,32)/t14-/m0/s1. The number of esters is 1. The zero-order valence-electron chi connectivity index (χ0n) is 19.2. The molecule has 0 aliphatic carbocycles. The lowest BCUT2D eigenvalue weighted by molar-refractivity contribution is -0.145. The number of hydrogen-bond donors (Lipinski definition) is 1. The van der Waals surface area contributed by atoms with Crippen LogP contribution in [0.3, 0.4) is 0 Å². The van der Waals surface area contributed by atoms with Gasteiger partial charge in [0.1, 0.15) is 12.9 Å². The molecule has 1 heterocycles. The van der Waals surface area contributed by atoms with Gasteiger partial charge in [-0.05, 0) is 29.8 Å². The summed E-state index contributed by atoms with van der Waals surface area (Å²) in [6, 6.07) is 10.8. The zero-order chi connectivity index (χ0) is 25.5. The van der Waals surface area contributed by atoms with Crippen LogP contribution in [-0.4, -0.2) is 40.5 Å². The molecule has 3 rings (SSSR count). The highest BCUT2D eigenvalue weighted by Crippen LogP contribution is 2.15. The average molecular weight is 504 g/mol. The molecule has 0 spiro atoms. The Hall–Kier alpha value is -3.99. The van der Waals surface area contributed by atoms with E-state index in [2.05, 4.69) is 20.0 Å². The van der Waals surface area contributed by atoms with Gasteiger partial charge in [-0.1, -0.05) is 35.8 Å². The zero-order valence-corrected chi connectivity index (χ0v) is 20.0. The molecule has 0 unspecified atom stereocenters. The quantitative estimate of drug-likeness (QED) is 0.287. The summed E-state index contributed by atoms with van der Waals surface area (Å²) in [5, 5.41) is 4.04. The second kappa shape index (κ2) is 11.4. The maximum Gasteiger partial charge on any atom is 0.335 e. The Kier molecular flexibility index (Phi) is 8.37. The monoisotopic (exact) mass is 503 g/mol. The van der Waals surface area contributed by atoms with Crippen LogP contribution in [0.4, 0.5) is 10.1 Å². The van der Waals surface area contributed by atoms with E-state index in [0.29, 0.717) is 10.6 Å². The van der Waals surface area contributed by atoms with Gasteiger partial charge in [-0.2, -0.15) is 0 Å². The number of carbonyl (C=O) groups is 1. The van der Waals surface area contributed by atoms with Crippen molar-refractivity contribution in [3.05, 3.63) is 91.0 Å². The summed E-state index contributed by atoms with van der Waals surface area (Å²) in [5.74, 6) is -1.94. The first kappa shape index (κ1) is 25.6. The van der Waals surface area contributed by atoms with E-state index < -0.39 is 29.1 Å². The number of aromatic amines is 1. The average Bonchev–Trinajstić information content (AvgIpc) is 2.84. The maximum absolute atomic E-state index is 14.4. The Balaban J connectivity index is 2.16. The molecule has 3 aromatic rings. The molecule has 0 bridgehead atoms. The molecule has 0 saturated heterocycles. The SMILES string of the molecule is CON=Cc1ccc(N=c2[nH]c(=O)n(C[C@H](C)C(=O)OC)c(=O)n2Cc2ccc(Cl)cc2)cc1F. The Morgan fingerprint density at radius 2 is 1.89 bits per heavy atom. The number of H-pyrrole nitrogens is 1. The molecule has 2 aromatic carbocycles. The van der Waals surface area contributed by atoms with Crippen molar-refractivity contribution in [3.8, 4) is 0 Å². The van der Waals surface area contributed by atoms with Gasteiger partial charge in [-0.3, -0.25) is 14.3 Å². The van der Waals surface area contributed by atoms with Crippen LogP contribution in [0.1, 0.15) is 18.1 Å². The van der Waals surface area contributed by atoms with Crippen molar-refractivity contribution >= 4 is 29.5 Å². The van der Waals surface area contributed by atoms with Crippen molar-refractivity contribution < 1.29 is 18.8 Å². The number of methoxy groups -OCH3 is 1. The first-order chi connectivity index (χ1) is 16.7. The summed E-state index contributed by atoms with van der Waals surface area (Å²) < 4.78 is 21.2. The molecule has 0 saturated carbocycles. The molecule has 0 radical (unpaired) electrons. The fraction of sp³-hybridized carbons (Fsp3) is 0.261. The van der Waals surface area contributed by atoms with Crippen LogP contribution in [-0.2, 0) is 27.5 Å². The molecule has 1 N–H and O–H groups in total. The van der Waals surface area contributed by atoms with Crippen molar-refractivity contribution in [2.45, 2.75) is 20.0 Å². The molecule has 0 aliphatic rings. The summed E-state index contributed by atoms with van der Waals surface area (Å²) in [6.07, 6.45) is 1.20. The minimum atomic E-state index is -0.777. The predicted molar refractivity (Wildman–Crippen MR) is 127 cm³/mol. The van der Waals surface area contributed by atoms with Crippen molar-refractivity contribution in [2.75, 3.05) is 14.2 Å². The third kappa shape index (κ3) is 6.33. The van der Waals surface area contributed by atoms with Gasteiger partial charge < -0.3 is 9.57 Å². The number of halogens is 2. The van der Waals surface area contributed by atoms with Crippen molar-refractivity contribution in [1.82, 2.24) is 14.1 Å². The lowest BCUT2D eigenvalue weighted by Gasteiger charge is -2.14. The van der Waals surface area contributed by atoms with Gasteiger partial charge in [0.15, 0.2) is 0 Å². The molecule has 0 aliphatic heterocycles. The number of benzene rings is 2. The number of aromatic nitrogens is 3. The molecular weight excluding hydrogens is 481 g/mol. The number of hydrogen-bond acceptors (Lipinski definition) is 7. The van der Waals surface area contributed by atoms with Crippen LogP contribution in [0.5, 0.6) is 0 Å². The summed E-state index contributed by atoms with van der Waals surface area (Å²) >= 11 is 5.96. The van der Waals surface area contributed by atoms with Gasteiger partial charge in [0, 0.05) is 23.2 Å². The Morgan fingerprint density at radius 1 is 1.17 bits per heavy atom. The number of oxime groups is 1. The topological polar surface area (TPSA) is 120 Å². The van der Waals surface area contributed by atoms with E-state index in [1.54, 1.807) is 24.3 Å². The van der Waals surface area contributed by atoms with Gasteiger partial charge in [-0.15, -0.1) is 0 Å². The Bertz CT molecular complexity index is 1430. The van der Waals surface area contributed by atoms with Gasteiger partial charge in [0.2, 0.25) is 5.62 Å². The molecule has 184 valence electrons. The predicted octanol–water partition coefficient (Wildman–Crippen LogP) is 2.20. The number of ether oxygens (including phenoxy) is 1. The van der Waals surface area contributed by atoms with Crippen LogP contribution < -0.4 is 17.0 Å². The third-order valence-electron chi connectivity index (χ3n) is 5.01. The first-order valence-electron chi connectivity index (χ1n) is 10.4. The summed E-state index contributed by atoms with van der Waals surface area (Å²) in [5.41, 5.74) is -0.568. The number of nitrogens with zero attached hydrogens (tertiary/aromatic N) is 4. The maximum atomic E-state index is 14.4. The Labute approximate surface area is 203 Å². The largest absolute Gasteiger partial charge is 0.469 e. The number of nitrogens with one attached hydrogen (secondary N) is 1. The minimum absolute atomic E-state index is 0.0271. The van der Waals surface area contributed by atoms with Crippen molar-refractivity contribution in [1.29, 1.82) is 0 Å². The highest BCUT2D eigenvalue weighted by Gasteiger charge is 2.18. The lowest BCUT2D eigenvalue weighted by Crippen LogP contribution is -2.51. The summed E-state index contributed by atoms with van der Waals surface area (Å²) in [7, 11) is 2.56. The second-order valence-corrected chi connectivity index (χ2v) is 7.95. The minimum Gasteiger partial charge on any atom is -0.469 e. The van der Waals surface area contributed by atoms with Gasteiger partial charge in [0.25, 0.3) is 0 Å². The number of rotatable bonds is 8. The summed E-state index contributed by atoms with van der Waals surface area (Å²) in [6.45, 7) is 1.36. The second-order valence-electron chi connectivity index (χ2n) is 7.52. The van der Waals surface area contributed by atoms with Crippen molar-refractivity contribution in [2.24, 2.45) is 16.1 Å². The van der Waals surface area contributed by atoms with Gasteiger partial charge >= 0.3 is 17.3 Å². The van der Waals surface area contributed by atoms with Gasteiger partial charge in [0.05, 0.1) is 31.5 Å². The third-order valence-corrected chi connectivity index (χ3v) is 5.26. The molecule has 12 heteroatoms. The van der Waals surface area contributed by atoms with Crippen LogP contribution in [0, 0.1) is 11.7 Å². The molecular formula is C23H23ClFN5O5. The van der Waals surface area contributed by atoms with Crippen LogP contribution in [0.25, 0.3) is 0 Å². The lowest BCUT2D eigenvalue weighted by atomic mass is 10.2. The first-order valence-corrected chi connectivity index (χ1v) is 10.8. The van der Waals surface area contributed by atoms with Crippen molar-refractivity contribution in [3.63, 3.8) is 0 Å². The Morgan fingerprint density at radius 3 is 2.51 bits per heavy atom. The smallest absolute Gasteiger partial charge is 0.335 e. The fourth-order valence-electron chi connectivity index (χ4n) is 3.19. The van der Waals surface area contributed by atoms with Gasteiger partial charge in [-0.25, -0.2) is 23.5 Å². The van der Waals surface area contributed by atoms with E-state index in [0.717, 1.165) is 10.6 Å². The fourth-order valence-corrected chi connectivity index (χ4v) is 3.32. The number of carbonyl (C=O) groups excluding carboxylic acids is 1. The summed E-state index contributed by atoms with van der Waals surface area (Å²) in [4.78, 5) is 49.3.